The van der Waals surface area contributed by atoms with Crippen molar-refractivity contribution in [2.45, 2.75) is 26.1 Å². The SMILES string of the molecule is C=CC(O)C(C)(C)[C@H](C=C)OCOC. The maximum absolute atomic E-state index is 9.70. The van der Waals surface area contributed by atoms with Crippen LogP contribution in [0.2, 0.25) is 0 Å². The zero-order valence-corrected chi connectivity index (χ0v) is 9.19. The van der Waals surface area contributed by atoms with E-state index in [1.165, 1.54) is 6.08 Å². The van der Waals surface area contributed by atoms with Gasteiger partial charge < -0.3 is 14.6 Å². The highest BCUT2D eigenvalue weighted by molar-refractivity contribution is 5.01. The lowest BCUT2D eigenvalue weighted by Gasteiger charge is -2.34. The average molecular weight is 200 g/mol. The predicted octanol–water partition coefficient (Wildman–Crippen LogP) is 1.73. The van der Waals surface area contributed by atoms with Gasteiger partial charge in [-0.15, -0.1) is 13.2 Å². The Morgan fingerprint density at radius 3 is 2.29 bits per heavy atom. The van der Waals surface area contributed by atoms with E-state index in [0.717, 1.165) is 0 Å². The lowest BCUT2D eigenvalue weighted by Crippen LogP contribution is -2.40. The molecule has 2 atom stereocenters. The molecule has 1 N–H and O–H groups in total. The minimum Gasteiger partial charge on any atom is -0.388 e. The minimum absolute atomic E-state index is 0.185. The molecule has 0 fully saturated rings. The van der Waals surface area contributed by atoms with Gasteiger partial charge in [-0.1, -0.05) is 26.0 Å². The number of ether oxygens (including phenoxy) is 2. The van der Waals surface area contributed by atoms with Gasteiger partial charge in [-0.05, 0) is 0 Å². The third kappa shape index (κ3) is 3.25. The maximum atomic E-state index is 9.70. The van der Waals surface area contributed by atoms with Gasteiger partial charge in [0.2, 0.25) is 0 Å². The summed E-state index contributed by atoms with van der Waals surface area (Å²) in [6.45, 7) is 11.2. The summed E-state index contributed by atoms with van der Waals surface area (Å²) in [4.78, 5) is 0. The Morgan fingerprint density at radius 2 is 1.93 bits per heavy atom. The van der Waals surface area contributed by atoms with E-state index in [0.29, 0.717) is 0 Å². The van der Waals surface area contributed by atoms with Crippen molar-refractivity contribution in [3.05, 3.63) is 25.3 Å². The zero-order chi connectivity index (χ0) is 11.2. The molecule has 0 aliphatic rings. The summed E-state index contributed by atoms with van der Waals surface area (Å²) < 4.78 is 10.2. The standard InChI is InChI=1S/C11H20O3/c1-6-9(12)11(3,4)10(7-2)14-8-13-5/h6-7,9-10,12H,1-2,8H2,3-5H3/t9?,10-/m0/s1. The lowest BCUT2D eigenvalue weighted by atomic mass is 9.80. The normalized spacial score (nSPS) is 16.0. The molecular weight excluding hydrogens is 180 g/mol. The molecule has 0 aliphatic heterocycles. The molecule has 1 unspecified atom stereocenters. The van der Waals surface area contributed by atoms with Gasteiger partial charge in [0.05, 0.1) is 12.2 Å². The molecule has 3 heteroatoms. The fraction of sp³-hybridized carbons (Fsp3) is 0.636. The van der Waals surface area contributed by atoms with Gasteiger partial charge >= 0.3 is 0 Å². The van der Waals surface area contributed by atoms with Crippen LogP contribution in [0.5, 0.6) is 0 Å². The molecular formula is C11H20O3. The fourth-order valence-corrected chi connectivity index (χ4v) is 1.20. The molecule has 82 valence electrons. The van der Waals surface area contributed by atoms with Crippen molar-refractivity contribution in [3.63, 3.8) is 0 Å². The second-order valence-electron chi connectivity index (χ2n) is 3.73. The van der Waals surface area contributed by atoms with Crippen LogP contribution in [0.3, 0.4) is 0 Å². The van der Waals surface area contributed by atoms with E-state index in [1.807, 2.05) is 13.8 Å². The highest BCUT2D eigenvalue weighted by Gasteiger charge is 2.33. The molecule has 0 spiro atoms. The van der Waals surface area contributed by atoms with Gasteiger partial charge in [0.25, 0.3) is 0 Å². The van der Waals surface area contributed by atoms with Crippen molar-refractivity contribution in [2.24, 2.45) is 5.41 Å². The third-order valence-electron chi connectivity index (χ3n) is 2.30. The number of methoxy groups -OCH3 is 1. The number of aliphatic hydroxyl groups is 1. The van der Waals surface area contributed by atoms with Crippen LogP contribution >= 0.6 is 0 Å². The Kier molecular flexibility index (Phi) is 5.69. The van der Waals surface area contributed by atoms with Crippen LogP contribution in [-0.4, -0.2) is 31.2 Å². The van der Waals surface area contributed by atoms with Crippen LogP contribution in [0.25, 0.3) is 0 Å². The van der Waals surface area contributed by atoms with Gasteiger partial charge in [0, 0.05) is 12.5 Å². The first-order valence-corrected chi connectivity index (χ1v) is 4.54. The van der Waals surface area contributed by atoms with E-state index in [2.05, 4.69) is 13.2 Å². The smallest absolute Gasteiger partial charge is 0.147 e. The Labute approximate surface area is 86.0 Å². The quantitative estimate of drug-likeness (QED) is 0.502. The van der Waals surface area contributed by atoms with E-state index >= 15 is 0 Å². The van der Waals surface area contributed by atoms with E-state index in [4.69, 9.17) is 9.47 Å². The largest absolute Gasteiger partial charge is 0.388 e. The molecule has 0 aromatic rings. The summed E-state index contributed by atoms with van der Waals surface area (Å²) in [6, 6.07) is 0. The van der Waals surface area contributed by atoms with Crippen LogP contribution < -0.4 is 0 Å². The summed E-state index contributed by atoms with van der Waals surface area (Å²) in [5.41, 5.74) is -0.456. The molecule has 0 bridgehead atoms. The monoisotopic (exact) mass is 200 g/mol. The summed E-state index contributed by atoms with van der Waals surface area (Å²) in [5.74, 6) is 0. The topological polar surface area (TPSA) is 38.7 Å². The number of aliphatic hydroxyl groups excluding tert-OH is 1. The molecule has 0 saturated heterocycles. The van der Waals surface area contributed by atoms with Crippen LogP contribution in [0, 0.1) is 5.41 Å². The van der Waals surface area contributed by atoms with Crippen LogP contribution in [0.4, 0.5) is 0 Å². The van der Waals surface area contributed by atoms with Gasteiger partial charge in [-0.2, -0.15) is 0 Å². The third-order valence-corrected chi connectivity index (χ3v) is 2.30. The van der Waals surface area contributed by atoms with Crippen molar-refractivity contribution in [1.29, 1.82) is 0 Å². The van der Waals surface area contributed by atoms with Crippen molar-refractivity contribution in [1.82, 2.24) is 0 Å². The number of hydrogen-bond donors (Lipinski definition) is 1. The average Bonchev–Trinajstić information content (AvgIpc) is 2.17. The molecule has 0 aromatic heterocycles. The Balaban J connectivity index is 4.46. The van der Waals surface area contributed by atoms with Crippen LogP contribution in [-0.2, 0) is 9.47 Å². The summed E-state index contributed by atoms with van der Waals surface area (Å²) in [6.07, 6.45) is 2.25. The molecule has 0 radical (unpaired) electrons. The Hall–Kier alpha value is -0.640. The van der Waals surface area contributed by atoms with Gasteiger partial charge in [-0.25, -0.2) is 0 Å². The van der Waals surface area contributed by atoms with Gasteiger partial charge in [0.15, 0.2) is 0 Å². The van der Waals surface area contributed by atoms with Crippen LogP contribution in [0.1, 0.15) is 13.8 Å². The van der Waals surface area contributed by atoms with E-state index < -0.39 is 11.5 Å². The van der Waals surface area contributed by atoms with Crippen molar-refractivity contribution < 1.29 is 14.6 Å². The molecule has 0 aromatic carbocycles. The molecule has 0 aliphatic carbocycles. The fourth-order valence-electron chi connectivity index (χ4n) is 1.20. The molecule has 14 heavy (non-hydrogen) atoms. The molecule has 0 amide bonds. The maximum Gasteiger partial charge on any atom is 0.147 e. The van der Waals surface area contributed by atoms with E-state index in [1.54, 1.807) is 13.2 Å². The molecule has 0 saturated carbocycles. The summed E-state index contributed by atoms with van der Waals surface area (Å²) >= 11 is 0. The van der Waals surface area contributed by atoms with Crippen molar-refractivity contribution in [3.8, 4) is 0 Å². The Morgan fingerprint density at radius 1 is 1.36 bits per heavy atom. The summed E-state index contributed by atoms with van der Waals surface area (Å²) in [5, 5.41) is 9.70. The van der Waals surface area contributed by atoms with Gasteiger partial charge in [0.1, 0.15) is 6.79 Å². The molecule has 3 nitrogen and oxygen atoms in total. The van der Waals surface area contributed by atoms with Crippen LogP contribution in [0.15, 0.2) is 25.3 Å². The molecule has 0 heterocycles. The molecule has 0 rings (SSSR count). The zero-order valence-electron chi connectivity index (χ0n) is 9.19. The minimum atomic E-state index is -0.637. The number of rotatable bonds is 7. The summed E-state index contributed by atoms with van der Waals surface area (Å²) in [7, 11) is 1.55. The van der Waals surface area contributed by atoms with E-state index in [-0.39, 0.29) is 12.9 Å². The second kappa shape index (κ2) is 5.96. The van der Waals surface area contributed by atoms with Crippen molar-refractivity contribution >= 4 is 0 Å². The Bertz CT molecular complexity index is 187. The van der Waals surface area contributed by atoms with Crippen molar-refractivity contribution in [2.75, 3.05) is 13.9 Å². The lowest BCUT2D eigenvalue weighted by molar-refractivity contribution is -0.111. The first-order valence-electron chi connectivity index (χ1n) is 4.54. The predicted molar refractivity (Wildman–Crippen MR) is 56.9 cm³/mol. The first-order chi connectivity index (χ1) is 6.50. The highest BCUT2D eigenvalue weighted by Crippen LogP contribution is 2.29. The van der Waals surface area contributed by atoms with Gasteiger partial charge in [-0.3, -0.25) is 0 Å². The highest BCUT2D eigenvalue weighted by atomic mass is 16.7. The number of hydrogen-bond acceptors (Lipinski definition) is 3. The van der Waals surface area contributed by atoms with E-state index in [9.17, 15) is 5.11 Å². The first kappa shape index (κ1) is 13.4. The second-order valence-corrected chi connectivity index (χ2v) is 3.73.